The number of ketones is 1. The van der Waals surface area contributed by atoms with Crippen molar-refractivity contribution in [3.63, 3.8) is 0 Å². The Balaban J connectivity index is 1.48. The number of likely N-dealkylation sites (tertiary alicyclic amines) is 1. The van der Waals surface area contributed by atoms with Crippen LogP contribution >= 0.6 is 0 Å². The summed E-state index contributed by atoms with van der Waals surface area (Å²) in [5, 5.41) is 12.8. The summed E-state index contributed by atoms with van der Waals surface area (Å²) >= 11 is 0. The number of fused-ring (bicyclic) bond motifs is 2. The molecule has 0 radical (unpaired) electrons. The minimum Gasteiger partial charge on any atom is -0.497 e. The van der Waals surface area contributed by atoms with Crippen LogP contribution in [0.5, 0.6) is 5.75 Å². The van der Waals surface area contributed by atoms with Gasteiger partial charge in [0.2, 0.25) is 0 Å². The number of piperidine rings is 1. The highest BCUT2D eigenvalue weighted by atomic mass is 16.6. The average Bonchev–Trinajstić information content (AvgIpc) is 3.43. The van der Waals surface area contributed by atoms with E-state index in [1.165, 1.54) is 14.0 Å². The number of nitrogens with zero attached hydrogens (tertiary/aromatic N) is 1. The Bertz CT molecular complexity index is 1440. The molecular formula is C35H47NO11. The van der Waals surface area contributed by atoms with Crippen molar-refractivity contribution >= 4 is 17.7 Å². The van der Waals surface area contributed by atoms with Crippen LogP contribution in [-0.2, 0) is 38.0 Å². The van der Waals surface area contributed by atoms with Crippen LogP contribution < -0.4 is 4.74 Å². The Morgan fingerprint density at radius 1 is 0.979 bits per heavy atom. The molecular weight excluding hydrogens is 610 g/mol. The molecule has 1 unspecified atom stereocenters. The molecule has 5 aliphatic carbocycles. The summed E-state index contributed by atoms with van der Waals surface area (Å²) < 4.78 is 43.0. The number of ether oxygens (including phenoxy) is 7. The molecule has 1 N–H and O–H groups in total. The monoisotopic (exact) mass is 657 g/mol. The molecule has 12 heteroatoms. The third-order valence-corrected chi connectivity index (χ3v) is 13.2. The van der Waals surface area contributed by atoms with Gasteiger partial charge in [0, 0.05) is 84.0 Å². The molecule has 1 saturated heterocycles. The molecule has 1 aliphatic heterocycles. The predicted octanol–water partition coefficient (Wildman–Crippen LogP) is 1.89. The number of carbonyl (C=O) groups excluding carboxylic acids is 3. The summed E-state index contributed by atoms with van der Waals surface area (Å²) in [5.74, 6) is -2.29. The van der Waals surface area contributed by atoms with Crippen LogP contribution in [0.4, 0.5) is 0 Å². The highest BCUT2D eigenvalue weighted by Gasteiger charge is 2.90. The van der Waals surface area contributed by atoms with Crippen LogP contribution in [0.3, 0.4) is 0 Å². The number of esters is 2. The van der Waals surface area contributed by atoms with E-state index < -0.39 is 76.1 Å². The van der Waals surface area contributed by atoms with Crippen molar-refractivity contribution < 1.29 is 52.6 Å². The Morgan fingerprint density at radius 2 is 1.68 bits per heavy atom. The van der Waals surface area contributed by atoms with Gasteiger partial charge in [-0.25, -0.2) is 4.79 Å². The largest absolute Gasteiger partial charge is 0.497 e. The zero-order chi connectivity index (χ0) is 33.7. The van der Waals surface area contributed by atoms with Gasteiger partial charge in [0.05, 0.1) is 43.0 Å². The SMILES string of the molecule is CCN1C[C@]2(COC)C(=O)C[C@H](OC)[C@]34C1[C@@H]([C@H](OC)[C@H]23)[C@@]1(OC(C)=O)C[C@H](OC)[C@@]2(O)C[C@@H]4[C@@H]1[C@H]2OC(=O)c1ccc(OC)cc1. The Hall–Kier alpha value is -2.61. The highest BCUT2D eigenvalue weighted by Crippen LogP contribution is 2.80. The second-order valence-electron chi connectivity index (χ2n) is 14.5. The molecule has 12 nitrogen and oxygen atoms in total. The predicted molar refractivity (Wildman–Crippen MR) is 165 cm³/mol. The van der Waals surface area contributed by atoms with Crippen molar-refractivity contribution in [2.45, 2.75) is 74.8 Å². The molecule has 1 aromatic carbocycles. The second kappa shape index (κ2) is 11.2. The van der Waals surface area contributed by atoms with E-state index in [0.29, 0.717) is 24.4 Å². The lowest BCUT2D eigenvalue weighted by Crippen LogP contribution is -2.78. The van der Waals surface area contributed by atoms with E-state index >= 15 is 0 Å². The van der Waals surface area contributed by atoms with Crippen LogP contribution in [0.15, 0.2) is 24.3 Å². The molecule has 1 aromatic rings. The number of rotatable bonds is 10. The van der Waals surface area contributed by atoms with E-state index in [1.807, 2.05) is 0 Å². The molecule has 6 fully saturated rings. The second-order valence-corrected chi connectivity index (χ2v) is 14.5. The fraction of sp³-hybridized carbons (Fsp3) is 0.743. The smallest absolute Gasteiger partial charge is 0.338 e. The first-order chi connectivity index (χ1) is 22.5. The van der Waals surface area contributed by atoms with Gasteiger partial charge in [-0.3, -0.25) is 14.5 Å². The number of benzene rings is 1. The van der Waals surface area contributed by atoms with Gasteiger partial charge in [-0.15, -0.1) is 0 Å². The Kier molecular flexibility index (Phi) is 7.85. The number of hydrogen-bond donors (Lipinski definition) is 1. The minimum absolute atomic E-state index is 0.0607. The van der Waals surface area contributed by atoms with E-state index in [4.69, 9.17) is 33.2 Å². The lowest BCUT2D eigenvalue weighted by atomic mass is 9.43. The quantitative estimate of drug-likeness (QED) is 0.368. The molecule has 5 saturated carbocycles. The summed E-state index contributed by atoms with van der Waals surface area (Å²) in [6, 6.07) is 6.36. The fourth-order valence-corrected chi connectivity index (χ4v) is 12.1. The maximum absolute atomic E-state index is 14.4. The summed E-state index contributed by atoms with van der Waals surface area (Å²) in [6.45, 7) is 4.76. The standard InChI is InChI=1S/C35H47NO11/c1-8-36-16-32(17-41-3)22(38)13-23(43-5)35-21-14-33(40)24(44-6)15-34(47-18(2)37,26(29(35)36)27(45-7)28(32)35)25(21)30(33)46-31(39)19-9-11-20(42-4)12-10-19/h9-12,21,23-30,40H,8,13-17H2,1-7H3/t21-,23+,24+,25-,26-,27+,28-,29?,30-,32+,33+,34-,35+/m1/s1. The number of aliphatic hydroxyl groups is 1. The average molecular weight is 658 g/mol. The maximum atomic E-state index is 14.4. The van der Waals surface area contributed by atoms with Crippen LogP contribution in [0.2, 0.25) is 0 Å². The summed E-state index contributed by atoms with van der Waals surface area (Å²) in [7, 11) is 7.98. The van der Waals surface area contributed by atoms with Crippen molar-refractivity contribution in [3.8, 4) is 5.75 Å². The number of carbonyl (C=O) groups is 3. The van der Waals surface area contributed by atoms with E-state index in [1.54, 1.807) is 52.7 Å². The van der Waals surface area contributed by atoms with Crippen molar-refractivity contribution in [1.82, 2.24) is 4.90 Å². The molecule has 47 heavy (non-hydrogen) atoms. The maximum Gasteiger partial charge on any atom is 0.338 e. The number of hydrogen-bond acceptors (Lipinski definition) is 12. The topological polar surface area (TPSA) is 139 Å². The number of Topliss-reactive ketones (excluding diaryl/α,β-unsaturated/α-hetero) is 1. The highest BCUT2D eigenvalue weighted by molar-refractivity contribution is 5.90. The van der Waals surface area contributed by atoms with E-state index in [9.17, 15) is 19.5 Å². The minimum atomic E-state index is -1.60. The van der Waals surface area contributed by atoms with Gasteiger partial charge in [-0.2, -0.15) is 0 Å². The van der Waals surface area contributed by atoms with Gasteiger partial charge < -0.3 is 38.3 Å². The van der Waals surface area contributed by atoms with Gasteiger partial charge in [-0.05, 0) is 43.1 Å². The molecule has 0 aromatic heterocycles. The first kappa shape index (κ1) is 32.9. The van der Waals surface area contributed by atoms with Crippen molar-refractivity contribution in [3.05, 3.63) is 29.8 Å². The van der Waals surface area contributed by atoms with Crippen molar-refractivity contribution in [2.24, 2.45) is 34.5 Å². The normalized spacial score (nSPS) is 45.9. The van der Waals surface area contributed by atoms with Crippen LogP contribution in [0.1, 0.15) is 43.5 Å². The van der Waals surface area contributed by atoms with Gasteiger partial charge in [0.15, 0.2) is 0 Å². The lowest BCUT2D eigenvalue weighted by Gasteiger charge is -2.68. The van der Waals surface area contributed by atoms with Crippen LogP contribution in [-0.4, -0.2) is 125 Å². The van der Waals surface area contributed by atoms with Gasteiger partial charge in [0.25, 0.3) is 0 Å². The summed E-state index contributed by atoms with van der Waals surface area (Å²) in [5.41, 5.74) is -4.21. The third kappa shape index (κ3) is 3.94. The molecule has 1 spiro atoms. The van der Waals surface area contributed by atoms with E-state index in [-0.39, 0.29) is 43.6 Å². The molecule has 7 bridgehead atoms. The Labute approximate surface area is 275 Å². The first-order valence-corrected chi connectivity index (χ1v) is 16.6. The first-order valence-electron chi connectivity index (χ1n) is 16.6. The zero-order valence-electron chi connectivity index (χ0n) is 28.2. The fourth-order valence-electron chi connectivity index (χ4n) is 12.1. The van der Waals surface area contributed by atoms with E-state index in [2.05, 4.69) is 11.8 Å². The molecule has 7 rings (SSSR count). The van der Waals surface area contributed by atoms with E-state index in [0.717, 1.165) is 0 Å². The Morgan fingerprint density at radius 3 is 2.26 bits per heavy atom. The third-order valence-electron chi connectivity index (χ3n) is 13.2. The molecule has 1 heterocycles. The molecule has 258 valence electrons. The van der Waals surface area contributed by atoms with Gasteiger partial charge in [0.1, 0.15) is 28.8 Å². The zero-order valence-corrected chi connectivity index (χ0v) is 28.2. The summed E-state index contributed by atoms with van der Waals surface area (Å²) in [6.07, 6.45) is -2.39. The molecule has 13 atom stereocenters. The molecule has 6 aliphatic rings. The summed E-state index contributed by atoms with van der Waals surface area (Å²) in [4.78, 5) is 43.8. The van der Waals surface area contributed by atoms with Crippen LogP contribution in [0.25, 0.3) is 0 Å². The van der Waals surface area contributed by atoms with Crippen molar-refractivity contribution in [2.75, 3.05) is 55.2 Å². The lowest BCUT2D eigenvalue weighted by molar-refractivity contribution is -0.282. The molecule has 0 amide bonds. The van der Waals surface area contributed by atoms with Crippen molar-refractivity contribution in [1.29, 1.82) is 0 Å². The van der Waals surface area contributed by atoms with Gasteiger partial charge in [-0.1, -0.05) is 6.92 Å². The number of methoxy groups -OCH3 is 5. The van der Waals surface area contributed by atoms with Crippen LogP contribution in [0, 0.1) is 34.5 Å². The van der Waals surface area contributed by atoms with Gasteiger partial charge >= 0.3 is 11.9 Å².